The molecule has 0 radical (unpaired) electrons. The number of benzene rings is 1. The van der Waals surface area contributed by atoms with Crippen molar-refractivity contribution in [1.82, 2.24) is 15.1 Å². The summed E-state index contributed by atoms with van der Waals surface area (Å²) in [4.78, 5) is 27.4. The average molecular weight is 477 g/mol. The SMILES string of the molecule is CCCCS(=O)c1nnc(N2C(=O)N(C)CC2OC(=O)c2ccc(C(F)(F)F)cc2)s1. The van der Waals surface area contributed by atoms with Gasteiger partial charge in [0.05, 0.1) is 28.5 Å². The maximum Gasteiger partial charge on any atom is 0.416 e. The highest BCUT2D eigenvalue weighted by Crippen LogP contribution is 2.31. The number of carbonyl (C=O) groups excluding carboxylic acids is 2. The summed E-state index contributed by atoms with van der Waals surface area (Å²) in [6.45, 7) is 2.00. The number of amides is 2. The predicted octanol–water partition coefficient (Wildman–Crippen LogP) is 3.52. The van der Waals surface area contributed by atoms with Crippen molar-refractivity contribution >= 4 is 39.3 Å². The molecule has 1 aliphatic heterocycles. The first-order chi connectivity index (χ1) is 14.6. The minimum Gasteiger partial charge on any atom is -0.435 e. The number of likely N-dealkylation sites (N-methyl/N-ethyl adjacent to an activating group) is 1. The Morgan fingerprint density at radius 3 is 2.58 bits per heavy atom. The molecule has 2 unspecified atom stereocenters. The number of alkyl halides is 3. The molecule has 2 atom stereocenters. The fraction of sp³-hybridized carbons (Fsp3) is 0.444. The molecule has 0 saturated carbocycles. The molecule has 2 heterocycles. The van der Waals surface area contributed by atoms with E-state index in [4.69, 9.17) is 4.74 Å². The molecule has 168 valence electrons. The number of aromatic nitrogens is 2. The molecule has 13 heteroatoms. The van der Waals surface area contributed by atoms with Gasteiger partial charge in [0.1, 0.15) is 0 Å². The zero-order valence-electron chi connectivity index (χ0n) is 16.6. The van der Waals surface area contributed by atoms with Crippen LogP contribution in [0.1, 0.15) is 35.7 Å². The quantitative estimate of drug-likeness (QED) is 0.449. The Hall–Kier alpha value is -2.54. The fourth-order valence-electron chi connectivity index (χ4n) is 2.74. The van der Waals surface area contributed by atoms with E-state index in [9.17, 15) is 27.0 Å². The van der Waals surface area contributed by atoms with Crippen LogP contribution in [0.15, 0.2) is 28.6 Å². The van der Waals surface area contributed by atoms with Gasteiger partial charge in [0.15, 0.2) is 0 Å². The van der Waals surface area contributed by atoms with Gasteiger partial charge in [-0.15, -0.1) is 10.2 Å². The highest BCUT2D eigenvalue weighted by atomic mass is 32.2. The first-order valence-corrected chi connectivity index (χ1v) is 11.4. The van der Waals surface area contributed by atoms with E-state index in [1.165, 1.54) is 11.9 Å². The van der Waals surface area contributed by atoms with Gasteiger partial charge in [-0.05, 0) is 30.7 Å². The van der Waals surface area contributed by atoms with Crippen molar-refractivity contribution in [2.45, 2.75) is 36.5 Å². The van der Waals surface area contributed by atoms with E-state index in [1.807, 2.05) is 6.92 Å². The lowest BCUT2D eigenvalue weighted by atomic mass is 10.1. The zero-order valence-corrected chi connectivity index (χ0v) is 18.2. The first-order valence-electron chi connectivity index (χ1n) is 9.26. The number of urea groups is 1. The lowest BCUT2D eigenvalue weighted by molar-refractivity contribution is -0.137. The van der Waals surface area contributed by atoms with Gasteiger partial charge in [-0.1, -0.05) is 24.7 Å². The highest BCUT2D eigenvalue weighted by molar-refractivity contribution is 7.87. The van der Waals surface area contributed by atoms with Crippen LogP contribution in [-0.4, -0.2) is 56.9 Å². The van der Waals surface area contributed by atoms with Crippen molar-refractivity contribution in [2.75, 3.05) is 24.2 Å². The van der Waals surface area contributed by atoms with Crippen LogP contribution in [0.5, 0.6) is 0 Å². The van der Waals surface area contributed by atoms with Crippen LogP contribution in [-0.2, 0) is 21.7 Å². The number of anilines is 1. The number of halogens is 3. The average Bonchev–Trinajstić information content (AvgIpc) is 3.30. The van der Waals surface area contributed by atoms with E-state index >= 15 is 0 Å². The van der Waals surface area contributed by atoms with Crippen molar-refractivity contribution < 1.29 is 31.7 Å². The van der Waals surface area contributed by atoms with Crippen molar-refractivity contribution in [2.24, 2.45) is 0 Å². The molecule has 0 spiro atoms. The monoisotopic (exact) mass is 476 g/mol. The minimum absolute atomic E-state index is 0.0268. The summed E-state index contributed by atoms with van der Waals surface area (Å²) in [6, 6.07) is 3.09. The van der Waals surface area contributed by atoms with Crippen LogP contribution >= 0.6 is 11.3 Å². The number of unbranched alkanes of at least 4 members (excludes halogenated alkanes) is 1. The Morgan fingerprint density at radius 1 is 1.29 bits per heavy atom. The lowest BCUT2D eigenvalue weighted by Crippen LogP contribution is -2.37. The molecule has 31 heavy (non-hydrogen) atoms. The summed E-state index contributed by atoms with van der Waals surface area (Å²) < 4.78 is 56.0. The second-order valence-electron chi connectivity index (χ2n) is 6.72. The zero-order chi connectivity index (χ0) is 22.8. The molecule has 0 aliphatic carbocycles. The van der Waals surface area contributed by atoms with E-state index < -0.39 is 40.8 Å². The number of carbonyl (C=O) groups is 2. The Kier molecular flexibility index (Phi) is 6.94. The molecular formula is C18H19F3N4O4S2. The molecule has 8 nitrogen and oxygen atoms in total. The van der Waals surface area contributed by atoms with Gasteiger partial charge in [-0.2, -0.15) is 13.2 Å². The van der Waals surface area contributed by atoms with Gasteiger partial charge in [0, 0.05) is 12.8 Å². The molecule has 0 bridgehead atoms. The second kappa shape index (κ2) is 9.30. The molecule has 1 aromatic carbocycles. The van der Waals surface area contributed by atoms with Crippen LogP contribution in [0, 0.1) is 0 Å². The molecule has 0 N–H and O–H groups in total. The highest BCUT2D eigenvalue weighted by Gasteiger charge is 2.41. The fourth-order valence-corrected chi connectivity index (χ4v) is 5.05. The topological polar surface area (TPSA) is 92.7 Å². The third kappa shape index (κ3) is 5.21. The first kappa shape index (κ1) is 23.1. The van der Waals surface area contributed by atoms with Crippen LogP contribution in [0.25, 0.3) is 0 Å². The number of rotatable bonds is 7. The smallest absolute Gasteiger partial charge is 0.416 e. The van der Waals surface area contributed by atoms with Crippen molar-refractivity contribution in [3.8, 4) is 0 Å². The Morgan fingerprint density at radius 2 is 1.97 bits per heavy atom. The van der Waals surface area contributed by atoms with Gasteiger partial charge in [0.25, 0.3) is 0 Å². The molecule has 3 rings (SSSR count). The number of ether oxygens (including phenoxy) is 1. The second-order valence-corrected chi connectivity index (χ2v) is 9.42. The third-order valence-corrected chi connectivity index (χ3v) is 7.08. The summed E-state index contributed by atoms with van der Waals surface area (Å²) in [7, 11) is 0.152. The van der Waals surface area contributed by atoms with Crippen molar-refractivity contribution in [3.05, 3.63) is 35.4 Å². The Balaban J connectivity index is 1.76. The summed E-state index contributed by atoms with van der Waals surface area (Å²) >= 11 is 0.966. The van der Waals surface area contributed by atoms with E-state index in [2.05, 4.69) is 10.2 Å². The van der Waals surface area contributed by atoms with E-state index in [0.29, 0.717) is 5.75 Å². The molecule has 2 aromatic rings. The number of esters is 1. The molecule has 2 amide bonds. The number of hydrogen-bond donors (Lipinski definition) is 0. The van der Waals surface area contributed by atoms with E-state index in [-0.39, 0.29) is 21.6 Å². The summed E-state index contributed by atoms with van der Waals surface area (Å²) in [6.07, 6.45) is -3.96. The van der Waals surface area contributed by atoms with Crippen LogP contribution in [0.3, 0.4) is 0 Å². The summed E-state index contributed by atoms with van der Waals surface area (Å²) in [5.74, 6) is -0.464. The maximum atomic E-state index is 12.7. The van der Waals surface area contributed by atoms with E-state index in [1.54, 1.807) is 0 Å². The van der Waals surface area contributed by atoms with Gasteiger partial charge in [0.2, 0.25) is 15.7 Å². The maximum absolute atomic E-state index is 12.7. The van der Waals surface area contributed by atoms with Crippen molar-refractivity contribution in [3.63, 3.8) is 0 Å². The van der Waals surface area contributed by atoms with Crippen molar-refractivity contribution in [1.29, 1.82) is 0 Å². The van der Waals surface area contributed by atoms with Gasteiger partial charge < -0.3 is 9.64 Å². The van der Waals surface area contributed by atoms with Gasteiger partial charge in [-0.3, -0.25) is 4.21 Å². The number of hydrogen-bond acceptors (Lipinski definition) is 7. The summed E-state index contributed by atoms with van der Waals surface area (Å²) in [5.41, 5.74) is -0.979. The lowest BCUT2D eigenvalue weighted by Gasteiger charge is -2.19. The normalized spacial score (nSPS) is 17.8. The number of nitrogens with zero attached hydrogens (tertiary/aromatic N) is 4. The Bertz CT molecular complexity index is 981. The molecular weight excluding hydrogens is 457 g/mol. The van der Waals surface area contributed by atoms with Crippen LogP contribution < -0.4 is 4.90 Å². The molecule has 1 aromatic heterocycles. The van der Waals surface area contributed by atoms with Gasteiger partial charge >= 0.3 is 18.2 Å². The van der Waals surface area contributed by atoms with Gasteiger partial charge in [-0.25, -0.2) is 14.5 Å². The van der Waals surface area contributed by atoms with Crippen LogP contribution in [0.4, 0.5) is 23.1 Å². The summed E-state index contributed by atoms with van der Waals surface area (Å²) in [5, 5.41) is 7.93. The van der Waals surface area contributed by atoms with E-state index in [0.717, 1.165) is 53.3 Å². The molecule has 1 fully saturated rings. The van der Waals surface area contributed by atoms with Crippen LogP contribution in [0.2, 0.25) is 0 Å². The predicted molar refractivity (Wildman–Crippen MR) is 107 cm³/mol. The third-order valence-electron chi connectivity index (χ3n) is 4.42. The minimum atomic E-state index is -4.52. The Labute approximate surface area is 182 Å². The molecule has 1 aliphatic rings. The standard InChI is InChI=1S/C18H19F3N4O4S2/c1-3-4-9-31(28)16-23-22-15(30-16)25-13(10-24(2)17(25)27)29-14(26)11-5-7-12(8-6-11)18(19,20)21/h5-8,13H,3-4,9-10H2,1-2H3. The largest absolute Gasteiger partial charge is 0.435 e. The molecule has 1 saturated heterocycles.